The maximum atomic E-state index is 11.6. The summed E-state index contributed by atoms with van der Waals surface area (Å²) in [6.07, 6.45) is 4.59. The van der Waals surface area contributed by atoms with Gasteiger partial charge in [-0.15, -0.1) is 5.10 Å². The van der Waals surface area contributed by atoms with Gasteiger partial charge in [0, 0.05) is 42.8 Å². The number of hydrogen-bond acceptors (Lipinski definition) is 7. The highest BCUT2D eigenvalue weighted by Crippen LogP contribution is 2.09. The van der Waals surface area contributed by atoms with Gasteiger partial charge in [-0.3, -0.25) is 5.32 Å². The van der Waals surface area contributed by atoms with Crippen LogP contribution in [0.15, 0.2) is 12.3 Å². The number of carbonyl (C=O) groups is 1. The average Bonchev–Trinajstić information content (AvgIpc) is 3.02. The van der Waals surface area contributed by atoms with E-state index in [9.17, 15) is 4.79 Å². The summed E-state index contributed by atoms with van der Waals surface area (Å²) in [5.41, 5.74) is 0.942. The van der Waals surface area contributed by atoms with Gasteiger partial charge in [0.05, 0.1) is 6.20 Å². The number of nitrogens with zero attached hydrogens (tertiary/aromatic N) is 4. The molecule has 0 aliphatic carbocycles. The highest BCUT2D eigenvalue weighted by atomic mass is 32.1. The molecule has 0 aliphatic rings. The van der Waals surface area contributed by atoms with E-state index in [1.807, 2.05) is 13.0 Å². The summed E-state index contributed by atoms with van der Waals surface area (Å²) < 4.78 is 3.67. The van der Waals surface area contributed by atoms with Gasteiger partial charge in [0.15, 0.2) is 0 Å². The summed E-state index contributed by atoms with van der Waals surface area (Å²) in [5, 5.41) is 12.9. The quantitative estimate of drug-likeness (QED) is 0.639. The van der Waals surface area contributed by atoms with Crippen molar-refractivity contribution in [1.29, 1.82) is 0 Å². The van der Waals surface area contributed by atoms with Crippen molar-refractivity contribution >= 4 is 28.4 Å². The van der Waals surface area contributed by atoms with Crippen molar-refractivity contribution in [2.75, 3.05) is 23.7 Å². The second kappa shape index (κ2) is 8.99. The molecule has 2 aromatic heterocycles. The number of urea groups is 1. The summed E-state index contributed by atoms with van der Waals surface area (Å²) in [7, 11) is 0. The maximum Gasteiger partial charge on any atom is 0.319 e. The third kappa shape index (κ3) is 6.15. The monoisotopic (exact) mass is 335 g/mol. The van der Waals surface area contributed by atoms with Crippen molar-refractivity contribution in [1.82, 2.24) is 24.9 Å². The van der Waals surface area contributed by atoms with Crippen LogP contribution < -0.4 is 16.0 Å². The number of hydrogen-bond donors (Lipinski definition) is 3. The number of aromatic nitrogens is 4. The first-order chi connectivity index (χ1) is 11.2. The highest BCUT2D eigenvalue weighted by Gasteiger charge is 2.04. The second-order valence-electron chi connectivity index (χ2n) is 5.00. The molecule has 0 bridgehead atoms. The molecule has 9 heteroatoms. The number of nitrogens with one attached hydrogen (secondary N) is 3. The number of unbranched alkanes of at least 4 members (excludes halogenated alkanes) is 1. The number of rotatable bonds is 8. The first-order valence-electron chi connectivity index (χ1n) is 7.58. The molecule has 2 rings (SSSR count). The normalized spacial score (nSPS) is 10.3. The Kier molecular flexibility index (Phi) is 6.67. The van der Waals surface area contributed by atoms with Crippen LogP contribution in [0.1, 0.15) is 31.3 Å². The molecule has 2 amide bonds. The molecule has 23 heavy (non-hydrogen) atoms. The van der Waals surface area contributed by atoms with E-state index >= 15 is 0 Å². The van der Waals surface area contributed by atoms with Crippen molar-refractivity contribution < 1.29 is 4.79 Å². The highest BCUT2D eigenvalue weighted by molar-refractivity contribution is 7.10. The Hall–Kier alpha value is -2.29. The minimum atomic E-state index is -0.277. The molecule has 124 valence electrons. The summed E-state index contributed by atoms with van der Waals surface area (Å²) >= 11 is 1.13. The molecule has 3 N–H and O–H groups in total. The Balaban J connectivity index is 1.73. The minimum absolute atomic E-state index is 0.277. The van der Waals surface area contributed by atoms with Gasteiger partial charge >= 0.3 is 6.03 Å². The van der Waals surface area contributed by atoms with E-state index < -0.39 is 0 Å². The number of anilines is 2. The zero-order valence-electron chi connectivity index (χ0n) is 13.3. The lowest BCUT2D eigenvalue weighted by atomic mass is 10.2. The van der Waals surface area contributed by atoms with E-state index in [1.165, 1.54) is 6.20 Å². The van der Waals surface area contributed by atoms with Crippen LogP contribution in [-0.4, -0.2) is 38.7 Å². The van der Waals surface area contributed by atoms with E-state index in [0.29, 0.717) is 18.1 Å². The summed E-state index contributed by atoms with van der Waals surface area (Å²) in [6, 6.07) is 1.62. The van der Waals surface area contributed by atoms with Gasteiger partial charge in [-0.25, -0.2) is 14.8 Å². The molecule has 0 aliphatic heterocycles. The molecule has 0 fully saturated rings. The van der Waals surface area contributed by atoms with Crippen LogP contribution in [0, 0.1) is 6.92 Å². The Bertz CT molecular complexity index is 618. The lowest BCUT2D eigenvalue weighted by Crippen LogP contribution is -2.32. The van der Waals surface area contributed by atoms with E-state index in [-0.39, 0.29) is 6.03 Å². The minimum Gasteiger partial charge on any atom is -0.368 e. The Morgan fingerprint density at radius 1 is 1.30 bits per heavy atom. The van der Waals surface area contributed by atoms with E-state index in [2.05, 4.69) is 42.4 Å². The van der Waals surface area contributed by atoms with Gasteiger partial charge in [-0.2, -0.15) is 0 Å². The smallest absolute Gasteiger partial charge is 0.319 e. The molecule has 0 spiro atoms. The molecule has 0 radical (unpaired) electrons. The van der Waals surface area contributed by atoms with Crippen LogP contribution in [-0.2, 0) is 6.42 Å². The zero-order chi connectivity index (χ0) is 16.5. The Morgan fingerprint density at radius 2 is 2.17 bits per heavy atom. The molecule has 8 nitrogen and oxygen atoms in total. The van der Waals surface area contributed by atoms with E-state index in [0.717, 1.165) is 48.1 Å². The first-order valence-corrected chi connectivity index (χ1v) is 8.35. The third-order valence-corrected chi connectivity index (χ3v) is 3.55. The number of carbonyl (C=O) groups excluding carboxylic acids is 1. The van der Waals surface area contributed by atoms with Gasteiger partial charge in [-0.05, 0) is 13.3 Å². The molecule has 0 aromatic carbocycles. The molecule has 0 atom stereocenters. The van der Waals surface area contributed by atoms with Crippen molar-refractivity contribution in [2.45, 2.75) is 33.1 Å². The molecular weight excluding hydrogens is 314 g/mol. The largest absolute Gasteiger partial charge is 0.368 e. The summed E-state index contributed by atoms with van der Waals surface area (Å²) in [5.74, 6) is 1.65. The van der Waals surface area contributed by atoms with Gasteiger partial charge in [-0.1, -0.05) is 17.8 Å². The lowest BCUT2D eigenvalue weighted by molar-refractivity contribution is 0.252. The van der Waals surface area contributed by atoms with Crippen LogP contribution in [0.25, 0.3) is 0 Å². The fourth-order valence-electron chi connectivity index (χ4n) is 1.91. The molecule has 2 aromatic rings. The first kappa shape index (κ1) is 17.1. The fraction of sp³-hybridized carbons (Fsp3) is 0.500. The van der Waals surface area contributed by atoms with Crippen LogP contribution in [0.3, 0.4) is 0 Å². The second-order valence-corrected chi connectivity index (χ2v) is 5.79. The predicted octanol–water partition coefficient (Wildman–Crippen LogP) is 2.21. The van der Waals surface area contributed by atoms with Gasteiger partial charge < -0.3 is 10.6 Å². The predicted molar refractivity (Wildman–Crippen MR) is 90.8 cm³/mol. The van der Waals surface area contributed by atoms with Gasteiger partial charge in [0.2, 0.25) is 0 Å². The Morgan fingerprint density at radius 3 is 2.91 bits per heavy atom. The van der Waals surface area contributed by atoms with Crippen LogP contribution in [0.5, 0.6) is 0 Å². The number of aryl methyl sites for hydroxylation is 2. The van der Waals surface area contributed by atoms with Crippen LogP contribution in [0.4, 0.5) is 15.6 Å². The number of amides is 2. The zero-order valence-corrected chi connectivity index (χ0v) is 14.1. The van der Waals surface area contributed by atoms with Crippen LogP contribution >= 0.6 is 11.5 Å². The molecule has 0 saturated carbocycles. The fourth-order valence-corrected chi connectivity index (χ4v) is 2.33. The van der Waals surface area contributed by atoms with Crippen molar-refractivity contribution in [2.24, 2.45) is 0 Å². The summed E-state index contributed by atoms with van der Waals surface area (Å²) in [6.45, 7) is 5.16. The lowest BCUT2D eigenvalue weighted by Gasteiger charge is -2.09. The standard InChI is InChI=1S/C14H21N7OS/c1-3-4-5-11-18-10(2)8-12(19-11)15-6-7-16-14(22)20-13-9-17-21-23-13/h8-9H,3-7H2,1-2H3,(H,15,18,19)(H2,16,20,22). The van der Waals surface area contributed by atoms with E-state index in [4.69, 9.17) is 0 Å². The maximum absolute atomic E-state index is 11.6. The SMILES string of the molecule is CCCCc1nc(C)cc(NCCNC(=O)Nc2cnns2)n1. The van der Waals surface area contributed by atoms with Gasteiger partial charge in [0.1, 0.15) is 16.6 Å². The average molecular weight is 335 g/mol. The van der Waals surface area contributed by atoms with Crippen molar-refractivity contribution in [3.63, 3.8) is 0 Å². The van der Waals surface area contributed by atoms with Crippen LogP contribution in [0.2, 0.25) is 0 Å². The molecule has 0 unspecified atom stereocenters. The topological polar surface area (TPSA) is 105 Å². The molecule has 0 saturated heterocycles. The molecular formula is C14H21N7OS. The van der Waals surface area contributed by atoms with E-state index in [1.54, 1.807) is 0 Å². The van der Waals surface area contributed by atoms with Crippen molar-refractivity contribution in [3.05, 3.63) is 23.8 Å². The van der Waals surface area contributed by atoms with Crippen molar-refractivity contribution in [3.8, 4) is 0 Å². The van der Waals surface area contributed by atoms with Gasteiger partial charge in [0.25, 0.3) is 0 Å². The Labute approximate surface area is 139 Å². The summed E-state index contributed by atoms with van der Waals surface area (Å²) in [4.78, 5) is 20.5. The third-order valence-electron chi connectivity index (χ3n) is 2.97. The molecule has 2 heterocycles.